The van der Waals surface area contributed by atoms with Crippen molar-refractivity contribution in [1.29, 1.82) is 0 Å². The third-order valence-electron chi connectivity index (χ3n) is 7.91. The minimum Gasteiger partial charge on any atom is -0.410 e. The maximum Gasteiger partial charge on any atom is 0.390 e. The molecule has 6 rings (SSSR count). The molecular weight excluding hydrogens is 426 g/mol. The van der Waals surface area contributed by atoms with Crippen molar-refractivity contribution in [3.63, 3.8) is 0 Å². The highest BCUT2D eigenvalue weighted by molar-refractivity contribution is 5.91. The van der Waals surface area contributed by atoms with Gasteiger partial charge in [0.25, 0.3) is 0 Å². The molecule has 4 aliphatic rings. The predicted octanol–water partition coefficient (Wildman–Crippen LogP) is 6.68. The molecule has 0 heterocycles. The molecule has 0 aliphatic heterocycles. The van der Waals surface area contributed by atoms with E-state index < -0.39 is 10.9 Å². The Hall–Kier alpha value is -3.13. The zero-order valence-corrected chi connectivity index (χ0v) is 20.1. The van der Waals surface area contributed by atoms with E-state index in [4.69, 9.17) is 4.74 Å². The SMILES string of the molecule is CC(C)(C)c1ccc(-c2ccc(OC(=O)C#CC34CC5CC(CC(C5)C3)C4)c([N+](=O)[O-])c2)cc1. The van der Waals surface area contributed by atoms with Crippen LogP contribution in [0.2, 0.25) is 0 Å². The molecule has 5 nitrogen and oxygen atoms in total. The summed E-state index contributed by atoms with van der Waals surface area (Å²) in [7, 11) is 0. The second-order valence-corrected chi connectivity index (χ2v) is 11.6. The lowest BCUT2D eigenvalue weighted by atomic mass is 9.50. The highest BCUT2D eigenvalue weighted by Crippen LogP contribution is 2.59. The number of hydrogen-bond donors (Lipinski definition) is 0. The van der Waals surface area contributed by atoms with Gasteiger partial charge in [0.1, 0.15) is 0 Å². The molecule has 4 saturated carbocycles. The number of benzene rings is 2. The molecule has 2 aromatic carbocycles. The summed E-state index contributed by atoms with van der Waals surface area (Å²) < 4.78 is 5.37. The molecule has 4 fully saturated rings. The third-order valence-corrected chi connectivity index (χ3v) is 7.91. The van der Waals surface area contributed by atoms with Crippen molar-refractivity contribution < 1.29 is 14.5 Å². The van der Waals surface area contributed by atoms with E-state index in [1.165, 1.54) is 37.0 Å². The van der Waals surface area contributed by atoms with E-state index in [2.05, 4.69) is 32.6 Å². The summed E-state index contributed by atoms with van der Waals surface area (Å²) >= 11 is 0. The van der Waals surface area contributed by atoms with Gasteiger partial charge in [-0.05, 0) is 84.5 Å². The van der Waals surface area contributed by atoms with Gasteiger partial charge >= 0.3 is 11.7 Å². The Morgan fingerprint density at radius 3 is 2.06 bits per heavy atom. The number of rotatable bonds is 3. The lowest BCUT2D eigenvalue weighted by Gasteiger charge is -2.54. The molecule has 0 saturated heterocycles. The maximum absolute atomic E-state index is 12.5. The Morgan fingerprint density at radius 2 is 1.53 bits per heavy atom. The molecule has 0 aromatic heterocycles. The van der Waals surface area contributed by atoms with Gasteiger partial charge in [0.05, 0.1) is 4.92 Å². The molecule has 34 heavy (non-hydrogen) atoms. The van der Waals surface area contributed by atoms with E-state index in [-0.39, 0.29) is 22.3 Å². The first-order chi connectivity index (χ1) is 16.1. The van der Waals surface area contributed by atoms with E-state index in [1.54, 1.807) is 6.07 Å². The Bertz CT molecular complexity index is 1160. The van der Waals surface area contributed by atoms with Gasteiger partial charge in [0.2, 0.25) is 5.75 Å². The second-order valence-electron chi connectivity index (χ2n) is 11.6. The van der Waals surface area contributed by atoms with Crippen LogP contribution in [0.25, 0.3) is 11.1 Å². The zero-order valence-electron chi connectivity index (χ0n) is 20.1. The largest absolute Gasteiger partial charge is 0.410 e. The van der Waals surface area contributed by atoms with Crippen molar-refractivity contribution in [3.05, 3.63) is 58.1 Å². The van der Waals surface area contributed by atoms with E-state index in [1.807, 2.05) is 24.3 Å². The van der Waals surface area contributed by atoms with Crippen molar-refractivity contribution in [3.8, 4) is 28.7 Å². The standard InChI is InChI=1S/C29H31NO4/c1-28(2,3)24-7-4-22(5-8-24)23-6-9-26(25(15-23)30(32)33)34-27(31)10-11-29-16-19-12-20(17-29)14-21(13-19)18-29/h4-9,15,19-21H,12-14,16-18H2,1-3H3. The molecule has 0 N–H and O–H groups in total. The average molecular weight is 458 g/mol. The van der Waals surface area contributed by atoms with Gasteiger partial charge in [-0.25, -0.2) is 4.79 Å². The number of carbonyl (C=O) groups is 1. The first-order valence-electron chi connectivity index (χ1n) is 12.2. The van der Waals surface area contributed by atoms with Gasteiger partial charge in [-0.1, -0.05) is 57.0 Å². The molecule has 0 radical (unpaired) electrons. The summed E-state index contributed by atoms with van der Waals surface area (Å²) in [6.07, 6.45) is 7.14. The molecule has 5 heteroatoms. The van der Waals surface area contributed by atoms with Crippen molar-refractivity contribution in [2.45, 2.75) is 64.7 Å². The fourth-order valence-corrected chi connectivity index (χ4v) is 6.66. The fraction of sp³-hybridized carbons (Fsp3) is 0.483. The second kappa shape index (κ2) is 8.27. The molecule has 4 aliphatic carbocycles. The van der Waals surface area contributed by atoms with E-state index in [0.29, 0.717) is 5.56 Å². The van der Waals surface area contributed by atoms with E-state index in [0.717, 1.165) is 42.6 Å². The summed E-state index contributed by atoms with van der Waals surface area (Å²) in [6.45, 7) is 6.42. The average Bonchev–Trinajstić information content (AvgIpc) is 2.76. The minimum absolute atomic E-state index is 0.0276. The Morgan fingerprint density at radius 1 is 0.971 bits per heavy atom. The minimum atomic E-state index is -0.721. The molecule has 0 spiro atoms. The van der Waals surface area contributed by atoms with Crippen LogP contribution >= 0.6 is 0 Å². The quantitative estimate of drug-likeness (QED) is 0.129. The number of nitro benzene ring substituents is 1. The van der Waals surface area contributed by atoms with E-state index in [9.17, 15) is 14.9 Å². The Balaban J connectivity index is 1.34. The summed E-state index contributed by atoms with van der Waals surface area (Å²) in [5, 5.41) is 11.7. The number of nitrogens with zero attached hydrogens (tertiary/aromatic N) is 1. The van der Waals surface area contributed by atoms with Gasteiger partial charge in [0.15, 0.2) is 0 Å². The van der Waals surface area contributed by atoms with Crippen LogP contribution in [0.5, 0.6) is 5.75 Å². The normalized spacial score (nSPS) is 27.1. The summed E-state index contributed by atoms with van der Waals surface area (Å²) in [5.74, 6) is 7.37. The van der Waals surface area contributed by atoms with Gasteiger partial charge in [0, 0.05) is 17.4 Å². The van der Waals surface area contributed by atoms with Crippen molar-refractivity contribution in [2.24, 2.45) is 23.2 Å². The monoisotopic (exact) mass is 457 g/mol. The number of carbonyl (C=O) groups excluding carboxylic acids is 1. The van der Waals surface area contributed by atoms with Crippen LogP contribution in [0.4, 0.5) is 5.69 Å². The third kappa shape index (κ3) is 4.46. The van der Waals surface area contributed by atoms with Crippen LogP contribution in [0.3, 0.4) is 0 Å². The number of esters is 1. The van der Waals surface area contributed by atoms with Crippen molar-refractivity contribution in [2.75, 3.05) is 0 Å². The topological polar surface area (TPSA) is 69.4 Å². The molecule has 176 valence electrons. The Kier molecular flexibility index (Phi) is 5.51. The molecule has 2 aromatic rings. The highest BCUT2D eigenvalue weighted by atomic mass is 16.6. The van der Waals surface area contributed by atoms with Gasteiger partial charge in [-0.15, -0.1) is 0 Å². The zero-order chi connectivity index (χ0) is 24.1. The number of nitro groups is 1. The van der Waals surface area contributed by atoms with Crippen molar-refractivity contribution in [1.82, 2.24) is 0 Å². The molecular formula is C29H31NO4. The summed E-state index contributed by atoms with van der Waals surface area (Å²) in [6, 6.07) is 12.7. The lowest BCUT2D eigenvalue weighted by Crippen LogP contribution is -2.45. The Labute approximate surface area is 201 Å². The van der Waals surface area contributed by atoms with Crippen LogP contribution < -0.4 is 4.74 Å². The van der Waals surface area contributed by atoms with Crippen LogP contribution in [0, 0.1) is 45.1 Å². The predicted molar refractivity (Wildman–Crippen MR) is 131 cm³/mol. The van der Waals surface area contributed by atoms with E-state index >= 15 is 0 Å². The number of ether oxygens (including phenoxy) is 1. The van der Waals surface area contributed by atoms with Crippen LogP contribution in [0.15, 0.2) is 42.5 Å². The number of hydrogen-bond acceptors (Lipinski definition) is 4. The van der Waals surface area contributed by atoms with Crippen LogP contribution in [-0.2, 0) is 10.2 Å². The first kappa shape index (κ1) is 22.7. The van der Waals surface area contributed by atoms with Crippen molar-refractivity contribution >= 4 is 11.7 Å². The van der Waals surface area contributed by atoms with Crippen LogP contribution in [0.1, 0.15) is 64.9 Å². The summed E-state index contributed by atoms with van der Waals surface area (Å²) in [4.78, 5) is 23.8. The molecule has 0 atom stereocenters. The molecule has 4 bridgehead atoms. The van der Waals surface area contributed by atoms with Crippen LogP contribution in [-0.4, -0.2) is 10.9 Å². The molecule has 0 amide bonds. The van der Waals surface area contributed by atoms with Gasteiger partial charge < -0.3 is 4.74 Å². The summed E-state index contributed by atoms with van der Waals surface area (Å²) in [5.41, 5.74) is 2.49. The smallest absolute Gasteiger partial charge is 0.390 e. The van der Waals surface area contributed by atoms with Gasteiger partial charge in [-0.2, -0.15) is 0 Å². The molecule has 0 unspecified atom stereocenters. The lowest BCUT2D eigenvalue weighted by molar-refractivity contribution is -0.385. The fourth-order valence-electron chi connectivity index (χ4n) is 6.66. The maximum atomic E-state index is 12.5. The van der Waals surface area contributed by atoms with Gasteiger partial charge in [-0.3, -0.25) is 10.1 Å². The first-order valence-corrected chi connectivity index (χ1v) is 12.2. The highest BCUT2D eigenvalue weighted by Gasteiger charge is 2.50.